The molecule has 11 nitrogen and oxygen atoms in total. The smallest absolute Gasteiger partial charge is 0.303 e. The van der Waals surface area contributed by atoms with E-state index in [2.05, 4.69) is 8.75 Å². The third kappa shape index (κ3) is 7.59. The molecular formula is C20H32N4O7S. The van der Waals surface area contributed by atoms with E-state index in [1.54, 1.807) is 0 Å². The number of hydrogen-bond donors (Lipinski definition) is 0. The minimum absolute atomic E-state index is 0.0237. The second-order valence-corrected chi connectivity index (χ2v) is 8.93. The molecule has 1 amide bonds. The molecular weight excluding hydrogens is 440 g/mol. The van der Waals surface area contributed by atoms with Crippen LogP contribution >= 0.6 is 11.7 Å². The Morgan fingerprint density at radius 2 is 1.75 bits per heavy atom. The average Bonchev–Trinajstić information content (AvgIpc) is 3.17. The van der Waals surface area contributed by atoms with Crippen molar-refractivity contribution in [2.75, 3.05) is 44.4 Å². The molecule has 2 heterocycles. The maximum atomic E-state index is 13.0. The Balaban J connectivity index is 2.13. The number of amides is 1. The van der Waals surface area contributed by atoms with Crippen LogP contribution in [-0.4, -0.2) is 88.7 Å². The van der Waals surface area contributed by atoms with Gasteiger partial charge < -0.3 is 28.7 Å². The van der Waals surface area contributed by atoms with Gasteiger partial charge in [-0.1, -0.05) is 0 Å². The van der Waals surface area contributed by atoms with E-state index in [1.165, 1.54) is 25.7 Å². The third-order valence-electron chi connectivity index (χ3n) is 4.64. The van der Waals surface area contributed by atoms with Crippen molar-refractivity contribution in [2.24, 2.45) is 0 Å². The highest BCUT2D eigenvalue weighted by Crippen LogP contribution is 2.27. The van der Waals surface area contributed by atoms with Crippen molar-refractivity contribution in [3.8, 4) is 5.88 Å². The zero-order chi connectivity index (χ0) is 23.9. The van der Waals surface area contributed by atoms with Crippen LogP contribution in [0.4, 0.5) is 5.82 Å². The summed E-state index contributed by atoms with van der Waals surface area (Å²) in [5, 5.41) is 0. The van der Waals surface area contributed by atoms with E-state index in [9.17, 15) is 14.4 Å². The molecule has 1 saturated heterocycles. The Morgan fingerprint density at radius 1 is 1.12 bits per heavy atom. The Labute approximate surface area is 192 Å². The van der Waals surface area contributed by atoms with Gasteiger partial charge in [-0.3, -0.25) is 14.4 Å². The second-order valence-electron chi connectivity index (χ2n) is 8.41. The molecule has 1 aliphatic heterocycles. The largest absolute Gasteiger partial charge is 0.470 e. The summed E-state index contributed by atoms with van der Waals surface area (Å²) in [7, 11) is 0. The van der Waals surface area contributed by atoms with Gasteiger partial charge in [-0.05, 0) is 27.7 Å². The Bertz CT molecular complexity index is 789. The fourth-order valence-electron chi connectivity index (χ4n) is 3.18. The molecule has 0 spiro atoms. The van der Waals surface area contributed by atoms with E-state index >= 15 is 0 Å². The van der Waals surface area contributed by atoms with Crippen molar-refractivity contribution in [2.45, 2.75) is 59.3 Å². The number of aromatic nitrogens is 2. The standard InChI is InChI=1S/C20H32N4O7S/c1-13(30-14(2)25)19(27)24(20(4,5)6)11-16(31-15(3)26)12-29-18-17(21-32-22-18)23-7-9-28-10-8-23/h13,16H,7-12H2,1-6H3/t13?,16-/m0/s1. The summed E-state index contributed by atoms with van der Waals surface area (Å²) in [4.78, 5) is 39.5. The highest BCUT2D eigenvalue weighted by Gasteiger charge is 2.34. The summed E-state index contributed by atoms with van der Waals surface area (Å²) in [6.07, 6.45) is -1.74. The minimum Gasteiger partial charge on any atom is -0.470 e. The molecule has 2 rings (SSSR count). The molecule has 1 unspecified atom stereocenters. The van der Waals surface area contributed by atoms with Gasteiger partial charge in [-0.15, -0.1) is 4.37 Å². The van der Waals surface area contributed by atoms with E-state index in [4.69, 9.17) is 18.9 Å². The number of anilines is 1. The molecule has 1 aromatic heterocycles. The van der Waals surface area contributed by atoms with Crippen LogP contribution in [0.5, 0.6) is 5.88 Å². The van der Waals surface area contributed by atoms with Crippen LogP contribution in [0.25, 0.3) is 0 Å². The van der Waals surface area contributed by atoms with E-state index in [1.807, 2.05) is 25.7 Å². The number of hydrogen-bond acceptors (Lipinski definition) is 11. The van der Waals surface area contributed by atoms with Gasteiger partial charge in [-0.25, -0.2) is 0 Å². The van der Waals surface area contributed by atoms with Crippen molar-refractivity contribution in [3.05, 3.63) is 0 Å². The molecule has 0 saturated carbocycles. The highest BCUT2D eigenvalue weighted by molar-refractivity contribution is 6.99. The first-order chi connectivity index (χ1) is 15.0. The first-order valence-electron chi connectivity index (χ1n) is 10.4. The van der Waals surface area contributed by atoms with Gasteiger partial charge in [-0.2, -0.15) is 4.37 Å². The molecule has 2 atom stereocenters. The van der Waals surface area contributed by atoms with Gasteiger partial charge in [0.25, 0.3) is 11.8 Å². The highest BCUT2D eigenvalue weighted by atomic mass is 32.1. The van der Waals surface area contributed by atoms with Crippen LogP contribution in [0.15, 0.2) is 0 Å². The number of carbonyl (C=O) groups is 3. The SMILES string of the molecule is CC(=O)OC(C)C(=O)N(C[C@@H](COc1nsnc1N1CCOCC1)OC(C)=O)C(C)(C)C. The molecule has 1 aliphatic rings. The molecule has 0 N–H and O–H groups in total. The Kier molecular flexibility index (Phi) is 9.20. The monoisotopic (exact) mass is 472 g/mol. The maximum absolute atomic E-state index is 13.0. The first-order valence-corrected chi connectivity index (χ1v) is 11.2. The fourth-order valence-corrected chi connectivity index (χ4v) is 3.70. The molecule has 0 bridgehead atoms. The predicted octanol–water partition coefficient (Wildman–Crippen LogP) is 1.26. The predicted molar refractivity (Wildman–Crippen MR) is 117 cm³/mol. The Morgan fingerprint density at radius 3 is 2.31 bits per heavy atom. The van der Waals surface area contributed by atoms with Crippen LogP contribution in [-0.2, 0) is 28.6 Å². The van der Waals surface area contributed by atoms with Gasteiger partial charge in [0.1, 0.15) is 6.61 Å². The van der Waals surface area contributed by atoms with Gasteiger partial charge in [0.2, 0.25) is 5.82 Å². The quantitative estimate of drug-likeness (QED) is 0.486. The molecule has 12 heteroatoms. The van der Waals surface area contributed by atoms with Gasteiger partial charge >= 0.3 is 11.9 Å². The summed E-state index contributed by atoms with van der Waals surface area (Å²) in [6, 6.07) is 0. The molecule has 1 aromatic rings. The van der Waals surface area contributed by atoms with Gasteiger partial charge in [0.05, 0.1) is 31.5 Å². The van der Waals surface area contributed by atoms with Crippen molar-refractivity contribution in [1.29, 1.82) is 0 Å². The summed E-state index contributed by atoms with van der Waals surface area (Å²) in [5.41, 5.74) is -0.620. The number of esters is 2. The van der Waals surface area contributed by atoms with E-state index in [0.29, 0.717) is 38.0 Å². The molecule has 0 aromatic carbocycles. The van der Waals surface area contributed by atoms with Gasteiger partial charge in [0, 0.05) is 32.5 Å². The number of carbonyl (C=O) groups excluding carboxylic acids is 3. The van der Waals surface area contributed by atoms with Crippen molar-refractivity contribution >= 4 is 35.4 Å². The number of morpholine rings is 1. The molecule has 0 aliphatic carbocycles. The minimum atomic E-state index is -0.971. The third-order valence-corrected chi connectivity index (χ3v) is 5.15. The summed E-state index contributed by atoms with van der Waals surface area (Å²) in [5.74, 6) is -0.485. The molecule has 0 radical (unpaired) electrons. The summed E-state index contributed by atoms with van der Waals surface area (Å²) < 4.78 is 30.2. The van der Waals surface area contributed by atoms with Crippen molar-refractivity contribution in [3.63, 3.8) is 0 Å². The number of ether oxygens (including phenoxy) is 4. The number of nitrogens with zero attached hydrogens (tertiary/aromatic N) is 4. The van der Waals surface area contributed by atoms with Gasteiger partial charge in [0.15, 0.2) is 12.2 Å². The zero-order valence-corrected chi connectivity index (χ0v) is 20.3. The van der Waals surface area contributed by atoms with Crippen LogP contribution in [0.1, 0.15) is 41.5 Å². The lowest BCUT2D eigenvalue weighted by molar-refractivity contribution is -0.163. The first kappa shape index (κ1) is 25.8. The van der Waals surface area contributed by atoms with E-state index in [0.717, 1.165) is 11.7 Å². The maximum Gasteiger partial charge on any atom is 0.303 e. The Hall–Kier alpha value is -2.47. The van der Waals surface area contributed by atoms with Crippen LogP contribution in [0, 0.1) is 0 Å². The van der Waals surface area contributed by atoms with Crippen molar-refractivity contribution in [1.82, 2.24) is 13.6 Å². The number of rotatable bonds is 9. The normalized spacial score (nSPS) is 16.1. The lowest BCUT2D eigenvalue weighted by Gasteiger charge is -2.39. The molecule has 32 heavy (non-hydrogen) atoms. The van der Waals surface area contributed by atoms with Crippen LogP contribution in [0.3, 0.4) is 0 Å². The topological polar surface area (TPSA) is 120 Å². The van der Waals surface area contributed by atoms with Crippen molar-refractivity contribution < 1.29 is 33.3 Å². The summed E-state index contributed by atoms with van der Waals surface area (Å²) in [6.45, 7) is 12.2. The summed E-state index contributed by atoms with van der Waals surface area (Å²) >= 11 is 1.03. The van der Waals surface area contributed by atoms with Crippen LogP contribution < -0.4 is 9.64 Å². The fraction of sp³-hybridized carbons (Fsp3) is 0.750. The molecule has 180 valence electrons. The average molecular weight is 473 g/mol. The van der Waals surface area contributed by atoms with E-state index in [-0.39, 0.29) is 13.2 Å². The van der Waals surface area contributed by atoms with Crippen LogP contribution in [0.2, 0.25) is 0 Å². The second kappa shape index (κ2) is 11.4. The lowest BCUT2D eigenvalue weighted by Crippen LogP contribution is -2.54. The van der Waals surface area contributed by atoms with E-state index < -0.39 is 35.6 Å². The lowest BCUT2D eigenvalue weighted by atomic mass is 10.0. The molecule has 1 fully saturated rings. The zero-order valence-electron chi connectivity index (χ0n) is 19.5.